The van der Waals surface area contributed by atoms with Crippen molar-refractivity contribution in [3.63, 3.8) is 0 Å². The number of nitrogens with zero attached hydrogens (tertiary/aromatic N) is 3. The van der Waals surface area contributed by atoms with Gasteiger partial charge in [0.15, 0.2) is 11.2 Å². The van der Waals surface area contributed by atoms with Crippen LogP contribution in [0.5, 0.6) is 0 Å². The van der Waals surface area contributed by atoms with Gasteiger partial charge in [0.25, 0.3) is 5.56 Å². The number of carbonyl (C=O) groups is 1. The van der Waals surface area contributed by atoms with Crippen LogP contribution >= 0.6 is 0 Å². The second-order valence-electron chi connectivity index (χ2n) is 5.21. The molecule has 0 saturated heterocycles. The molecule has 9 heteroatoms. The average Bonchev–Trinajstić information content (AvgIpc) is 2.97. The summed E-state index contributed by atoms with van der Waals surface area (Å²) in [6.07, 6.45) is 0.593. The molecule has 1 amide bonds. The fourth-order valence-electron chi connectivity index (χ4n) is 2.18. The Morgan fingerprint density at radius 3 is 2.84 bits per heavy atom. The van der Waals surface area contributed by atoms with Crippen LogP contribution in [0.15, 0.2) is 53.8 Å². The number of hydrogen-bond acceptors (Lipinski definition) is 6. The lowest BCUT2D eigenvalue weighted by Crippen LogP contribution is -2.19. The zero-order valence-electron chi connectivity index (χ0n) is 13.1. The van der Waals surface area contributed by atoms with Gasteiger partial charge < -0.3 is 14.4 Å². The van der Waals surface area contributed by atoms with Crippen LogP contribution in [0.25, 0.3) is 11.2 Å². The number of nitrogens with one attached hydrogen (secondary N) is 2. The SMILES string of the molecule is C=C(O)Cn1cnc2c(=O)[nH]c(NC(=O)OCc3ccccc3)nc21. The minimum atomic E-state index is -0.760. The van der Waals surface area contributed by atoms with Gasteiger partial charge >= 0.3 is 6.09 Å². The van der Waals surface area contributed by atoms with Crippen molar-refractivity contribution in [1.82, 2.24) is 19.5 Å². The van der Waals surface area contributed by atoms with Crippen LogP contribution in [0, 0.1) is 0 Å². The molecule has 9 nitrogen and oxygen atoms in total. The molecular formula is C16H15N5O4. The third kappa shape index (κ3) is 3.83. The maximum Gasteiger partial charge on any atom is 0.414 e. The highest BCUT2D eigenvalue weighted by atomic mass is 16.5. The van der Waals surface area contributed by atoms with Crippen molar-refractivity contribution in [3.8, 4) is 0 Å². The molecule has 2 heterocycles. The standard InChI is InChI=1S/C16H15N5O4/c1-10(22)7-21-9-17-12-13(21)18-15(19-14(12)23)20-16(24)25-8-11-5-3-2-4-6-11/h2-6,9,22H,1,7-8H2,(H2,18,19,20,23,24). The van der Waals surface area contributed by atoms with Crippen LogP contribution in [0.4, 0.5) is 10.7 Å². The summed E-state index contributed by atoms with van der Waals surface area (Å²) in [5, 5.41) is 11.7. The molecule has 2 aromatic heterocycles. The highest BCUT2D eigenvalue weighted by Crippen LogP contribution is 2.10. The summed E-state index contributed by atoms with van der Waals surface area (Å²) in [6.45, 7) is 3.50. The minimum Gasteiger partial charge on any atom is -0.511 e. The fourth-order valence-corrected chi connectivity index (χ4v) is 2.18. The second-order valence-corrected chi connectivity index (χ2v) is 5.21. The van der Waals surface area contributed by atoms with Gasteiger partial charge in [-0.05, 0) is 5.56 Å². The Kier molecular flexibility index (Phi) is 4.46. The molecule has 0 atom stereocenters. The lowest BCUT2D eigenvalue weighted by atomic mass is 10.2. The van der Waals surface area contributed by atoms with Crippen molar-refractivity contribution in [2.75, 3.05) is 5.32 Å². The summed E-state index contributed by atoms with van der Waals surface area (Å²) < 4.78 is 6.51. The van der Waals surface area contributed by atoms with Crippen molar-refractivity contribution < 1.29 is 14.6 Å². The third-order valence-electron chi connectivity index (χ3n) is 3.26. The Bertz CT molecular complexity index is 977. The molecule has 0 radical (unpaired) electrons. The Hall–Kier alpha value is -3.62. The number of anilines is 1. The molecule has 0 fully saturated rings. The van der Waals surface area contributed by atoms with Crippen LogP contribution in [0.3, 0.4) is 0 Å². The summed E-state index contributed by atoms with van der Waals surface area (Å²) in [5.41, 5.74) is 0.599. The van der Waals surface area contributed by atoms with Gasteiger partial charge in [0, 0.05) is 0 Å². The second kappa shape index (κ2) is 6.87. The van der Waals surface area contributed by atoms with Crippen molar-refractivity contribution in [2.45, 2.75) is 13.2 Å². The number of carbonyl (C=O) groups excluding carboxylic acids is 1. The molecule has 0 unspecified atom stereocenters. The number of aliphatic hydroxyl groups is 1. The molecule has 3 rings (SSSR count). The molecule has 3 aromatic rings. The molecular weight excluding hydrogens is 326 g/mol. The molecule has 0 aliphatic heterocycles. The van der Waals surface area contributed by atoms with Gasteiger partial charge in [0.05, 0.1) is 12.9 Å². The Morgan fingerprint density at radius 1 is 1.36 bits per heavy atom. The van der Waals surface area contributed by atoms with Gasteiger partial charge in [-0.25, -0.2) is 9.78 Å². The van der Waals surface area contributed by atoms with E-state index in [1.165, 1.54) is 10.9 Å². The molecule has 0 spiro atoms. The number of allylic oxidation sites excluding steroid dienone is 1. The number of ether oxygens (including phenoxy) is 1. The van der Waals surface area contributed by atoms with Crippen LogP contribution in [-0.2, 0) is 17.9 Å². The van der Waals surface area contributed by atoms with Gasteiger partial charge in [0.2, 0.25) is 5.95 Å². The van der Waals surface area contributed by atoms with Crippen LogP contribution in [0.2, 0.25) is 0 Å². The van der Waals surface area contributed by atoms with E-state index in [9.17, 15) is 14.7 Å². The summed E-state index contributed by atoms with van der Waals surface area (Å²) >= 11 is 0. The van der Waals surface area contributed by atoms with Gasteiger partial charge in [-0.2, -0.15) is 4.98 Å². The van der Waals surface area contributed by atoms with Crippen molar-refractivity contribution >= 4 is 23.2 Å². The highest BCUT2D eigenvalue weighted by molar-refractivity contribution is 5.83. The summed E-state index contributed by atoms with van der Waals surface area (Å²) in [5.74, 6) is -0.195. The highest BCUT2D eigenvalue weighted by Gasteiger charge is 2.13. The van der Waals surface area contributed by atoms with E-state index in [-0.39, 0.29) is 36.0 Å². The number of aromatic nitrogens is 4. The Morgan fingerprint density at radius 2 is 2.12 bits per heavy atom. The van der Waals surface area contributed by atoms with E-state index in [4.69, 9.17) is 4.74 Å². The van der Waals surface area contributed by atoms with E-state index < -0.39 is 11.7 Å². The van der Waals surface area contributed by atoms with E-state index in [0.29, 0.717) is 0 Å². The van der Waals surface area contributed by atoms with E-state index in [1.807, 2.05) is 30.3 Å². The first-order valence-electron chi connectivity index (χ1n) is 7.32. The zero-order valence-corrected chi connectivity index (χ0v) is 13.1. The molecule has 128 valence electrons. The van der Waals surface area contributed by atoms with Gasteiger partial charge in [-0.15, -0.1) is 0 Å². The van der Waals surface area contributed by atoms with Gasteiger partial charge in [0.1, 0.15) is 12.4 Å². The number of fused-ring (bicyclic) bond motifs is 1. The van der Waals surface area contributed by atoms with Crippen molar-refractivity contribution in [3.05, 3.63) is 64.9 Å². The first-order valence-corrected chi connectivity index (χ1v) is 7.32. The first kappa shape index (κ1) is 16.2. The summed E-state index contributed by atoms with van der Waals surface area (Å²) in [4.78, 5) is 34.3. The quantitative estimate of drug-likeness (QED) is 0.610. The number of aromatic amines is 1. The monoisotopic (exact) mass is 341 g/mol. The van der Waals surface area contributed by atoms with Crippen molar-refractivity contribution in [2.24, 2.45) is 0 Å². The number of benzene rings is 1. The maximum atomic E-state index is 12.0. The Balaban J connectivity index is 1.75. The molecule has 0 bridgehead atoms. The van der Waals surface area contributed by atoms with E-state index in [1.54, 1.807) is 0 Å². The molecule has 3 N–H and O–H groups in total. The molecule has 1 aromatic carbocycles. The summed E-state index contributed by atoms with van der Waals surface area (Å²) in [7, 11) is 0. The first-order chi connectivity index (χ1) is 12.0. The predicted octanol–water partition coefficient (Wildman–Crippen LogP) is 1.94. The van der Waals surface area contributed by atoms with E-state index in [0.717, 1.165) is 5.56 Å². The number of amides is 1. The smallest absolute Gasteiger partial charge is 0.414 e. The number of aliphatic hydroxyl groups excluding tert-OH is 1. The Labute approximate surface area is 141 Å². The topological polar surface area (TPSA) is 122 Å². The van der Waals surface area contributed by atoms with Crippen LogP contribution in [-0.4, -0.2) is 30.7 Å². The number of imidazole rings is 1. The van der Waals surface area contributed by atoms with Crippen LogP contribution < -0.4 is 10.9 Å². The molecule has 0 saturated carbocycles. The molecule has 25 heavy (non-hydrogen) atoms. The lowest BCUT2D eigenvalue weighted by molar-refractivity contribution is 0.155. The average molecular weight is 341 g/mol. The minimum absolute atomic E-state index is 0.0326. The number of rotatable bonds is 5. The van der Waals surface area contributed by atoms with Gasteiger partial charge in [-0.1, -0.05) is 36.9 Å². The normalized spacial score (nSPS) is 10.6. The van der Waals surface area contributed by atoms with E-state index >= 15 is 0 Å². The number of hydrogen-bond donors (Lipinski definition) is 3. The maximum absolute atomic E-state index is 12.0. The predicted molar refractivity (Wildman–Crippen MR) is 90.2 cm³/mol. The molecule has 0 aliphatic carbocycles. The third-order valence-corrected chi connectivity index (χ3v) is 3.26. The van der Waals surface area contributed by atoms with Gasteiger partial charge in [-0.3, -0.25) is 15.1 Å². The van der Waals surface area contributed by atoms with Crippen molar-refractivity contribution in [1.29, 1.82) is 0 Å². The molecule has 0 aliphatic rings. The summed E-state index contributed by atoms with van der Waals surface area (Å²) in [6, 6.07) is 9.16. The van der Waals surface area contributed by atoms with E-state index in [2.05, 4.69) is 26.8 Å². The largest absolute Gasteiger partial charge is 0.511 e. The number of H-pyrrole nitrogens is 1. The fraction of sp³-hybridized carbons (Fsp3) is 0.125. The zero-order chi connectivity index (χ0) is 17.8. The lowest BCUT2D eigenvalue weighted by Gasteiger charge is -2.07. The van der Waals surface area contributed by atoms with Crippen LogP contribution in [0.1, 0.15) is 5.56 Å².